The van der Waals surface area contributed by atoms with E-state index >= 15 is 0 Å². The summed E-state index contributed by atoms with van der Waals surface area (Å²) >= 11 is 0. The molecule has 6 heteroatoms. The van der Waals surface area contributed by atoms with Crippen LogP contribution in [0.1, 0.15) is 29.5 Å². The molecule has 2 aromatic rings. The van der Waals surface area contributed by atoms with E-state index in [9.17, 15) is 0 Å². The molecule has 6 nitrogen and oxygen atoms in total. The van der Waals surface area contributed by atoms with Crippen LogP contribution in [0.2, 0.25) is 0 Å². The second kappa shape index (κ2) is 5.70. The quantitative estimate of drug-likeness (QED) is 0.598. The second-order valence-corrected chi connectivity index (χ2v) is 4.32. The first-order valence-corrected chi connectivity index (χ1v) is 5.92. The van der Waals surface area contributed by atoms with Crippen LogP contribution in [0.5, 0.6) is 0 Å². The Kier molecular flexibility index (Phi) is 4.01. The maximum atomic E-state index is 5.57. The van der Waals surface area contributed by atoms with Gasteiger partial charge in [-0.05, 0) is 31.4 Å². The van der Waals surface area contributed by atoms with E-state index in [4.69, 9.17) is 5.84 Å². The molecule has 0 aliphatic rings. The SMILES string of the molecule is Cc1cnc(C(CCc2ccnn2C)NN)nc1. The van der Waals surface area contributed by atoms with Crippen LogP contribution in [0.3, 0.4) is 0 Å². The fourth-order valence-electron chi connectivity index (χ4n) is 1.81. The van der Waals surface area contributed by atoms with Gasteiger partial charge in [0.2, 0.25) is 0 Å². The van der Waals surface area contributed by atoms with Crippen LogP contribution in [0, 0.1) is 6.92 Å². The maximum absolute atomic E-state index is 5.57. The van der Waals surface area contributed by atoms with Crippen molar-refractivity contribution < 1.29 is 0 Å². The van der Waals surface area contributed by atoms with Crippen molar-refractivity contribution in [1.82, 2.24) is 25.2 Å². The summed E-state index contributed by atoms with van der Waals surface area (Å²) in [5.74, 6) is 6.30. The Morgan fingerprint density at radius 2 is 2.11 bits per heavy atom. The van der Waals surface area contributed by atoms with Crippen LogP contribution in [-0.2, 0) is 13.5 Å². The van der Waals surface area contributed by atoms with E-state index in [2.05, 4.69) is 20.5 Å². The van der Waals surface area contributed by atoms with Gasteiger partial charge in [-0.2, -0.15) is 5.10 Å². The Hall–Kier alpha value is -1.79. The summed E-state index contributed by atoms with van der Waals surface area (Å²) in [5.41, 5.74) is 4.98. The molecule has 0 saturated heterocycles. The highest BCUT2D eigenvalue weighted by molar-refractivity contribution is 5.06. The number of hydrogen-bond acceptors (Lipinski definition) is 5. The highest BCUT2D eigenvalue weighted by Crippen LogP contribution is 2.14. The lowest BCUT2D eigenvalue weighted by Gasteiger charge is -2.14. The Labute approximate surface area is 106 Å². The molecule has 0 bridgehead atoms. The van der Waals surface area contributed by atoms with Gasteiger partial charge in [0, 0.05) is 31.3 Å². The lowest BCUT2D eigenvalue weighted by molar-refractivity contribution is 0.483. The van der Waals surface area contributed by atoms with Gasteiger partial charge in [-0.3, -0.25) is 10.5 Å². The predicted octanol–water partition coefficient (Wildman–Crippen LogP) is 0.656. The molecule has 3 N–H and O–H groups in total. The number of aryl methyl sites for hydroxylation is 3. The molecular weight excluding hydrogens is 228 g/mol. The molecule has 0 aromatic carbocycles. The standard InChI is InChI=1S/C12H18N6/c1-9-7-14-12(15-8-9)11(17-13)4-3-10-5-6-16-18(10)2/h5-8,11,17H,3-4,13H2,1-2H3. The number of rotatable bonds is 5. The summed E-state index contributed by atoms with van der Waals surface area (Å²) in [6.07, 6.45) is 7.11. The highest BCUT2D eigenvalue weighted by Gasteiger charge is 2.13. The maximum Gasteiger partial charge on any atom is 0.146 e. The van der Waals surface area contributed by atoms with Gasteiger partial charge < -0.3 is 0 Å². The molecule has 0 fully saturated rings. The number of nitrogens with two attached hydrogens (primary N) is 1. The van der Waals surface area contributed by atoms with Crippen molar-refractivity contribution in [2.75, 3.05) is 0 Å². The van der Waals surface area contributed by atoms with Crippen LogP contribution < -0.4 is 11.3 Å². The predicted molar refractivity (Wildman–Crippen MR) is 68.4 cm³/mol. The molecule has 0 aliphatic carbocycles. The van der Waals surface area contributed by atoms with Crippen molar-refractivity contribution >= 4 is 0 Å². The molecular formula is C12H18N6. The normalized spacial score (nSPS) is 12.6. The van der Waals surface area contributed by atoms with Crippen molar-refractivity contribution in [3.05, 3.63) is 41.7 Å². The average Bonchev–Trinajstić information content (AvgIpc) is 2.78. The van der Waals surface area contributed by atoms with Crippen LogP contribution >= 0.6 is 0 Å². The minimum Gasteiger partial charge on any atom is -0.273 e. The van der Waals surface area contributed by atoms with Crippen molar-refractivity contribution in [3.63, 3.8) is 0 Å². The Morgan fingerprint density at radius 1 is 1.39 bits per heavy atom. The van der Waals surface area contributed by atoms with E-state index in [1.807, 2.05) is 24.7 Å². The Bertz CT molecular complexity index is 490. The summed E-state index contributed by atoms with van der Waals surface area (Å²) in [5, 5.41) is 4.14. The zero-order chi connectivity index (χ0) is 13.0. The fourth-order valence-corrected chi connectivity index (χ4v) is 1.81. The van der Waals surface area contributed by atoms with E-state index in [1.165, 1.54) is 5.69 Å². The third kappa shape index (κ3) is 2.91. The van der Waals surface area contributed by atoms with Crippen molar-refractivity contribution in [3.8, 4) is 0 Å². The molecule has 1 atom stereocenters. The first-order chi connectivity index (χ1) is 8.70. The van der Waals surface area contributed by atoms with E-state index in [1.54, 1.807) is 18.6 Å². The summed E-state index contributed by atoms with van der Waals surface area (Å²) in [7, 11) is 1.93. The third-order valence-corrected chi connectivity index (χ3v) is 2.93. The number of nitrogens with zero attached hydrogens (tertiary/aromatic N) is 4. The summed E-state index contributed by atoms with van der Waals surface area (Å²) in [6, 6.07) is 1.96. The van der Waals surface area contributed by atoms with Gasteiger partial charge in [-0.15, -0.1) is 0 Å². The third-order valence-electron chi connectivity index (χ3n) is 2.93. The topological polar surface area (TPSA) is 81.7 Å². The van der Waals surface area contributed by atoms with Crippen LogP contribution in [0.4, 0.5) is 0 Å². The molecule has 0 spiro atoms. The van der Waals surface area contributed by atoms with E-state index in [0.29, 0.717) is 0 Å². The number of hydrogen-bond donors (Lipinski definition) is 2. The summed E-state index contributed by atoms with van der Waals surface area (Å²) < 4.78 is 1.86. The molecule has 2 rings (SSSR count). The molecule has 0 aliphatic heterocycles. The summed E-state index contributed by atoms with van der Waals surface area (Å²) in [6.45, 7) is 1.96. The summed E-state index contributed by atoms with van der Waals surface area (Å²) in [4.78, 5) is 8.59. The molecule has 0 saturated carbocycles. The first kappa shape index (κ1) is 12.7. The van der Waals surface area contributed by atoms with Gasteiger partial charge in [0.1, 0.15) is 5.82 Å². The van der Waals surface area contributed by atoms with Crippen LogP contribution in [0.25, 0.3) is 0 Å². The van der Waals surface area contributed by atoms with Gasteiger partial charge in [-0.1, -0.05) is 0 Å². The van der Waals surface area contributed by atoms with Gasteiger partial charge in [0.15, 0.2) is 0 Å². The van der Waals surface area contributed by atoms with E-state index < -0.39 is 0 Å². The van der Waals surface area contributed by atoms with Crippen LogP contribution in [0.15, 0.2) is 24.7 Å². The number of hydrazine groups is 1. The smallest absolute Gasteiger partial charge is 0.146 e. The van der Waals surface area contributed by atoms with Gasteiger partial charge >= 0.3 is 0 Å². The van der Waals surface area contributed by atoms with Gasteiger partial charge in [0.05, 0.1) is 6.04 Å². The average molecular weight is 246 g/mol. The molecule has 2 aromatic heterocycles. The first-order valence-electron chi connectivity index (χ1n) is 5.92. The minimum atomic E-state index is -0.0412. The van der Waals surface area contributed by atoms with Gasteiger partial charge in [-0.25, -0.2) is 15.4 Å². The fraction of sp³-hybridized carbons (Fsp3) is 0.417. The van der Waals surface area contributed by atoms with Crippen molar-refractivity contribution in [2.24, 2.45) is 12.9 Å². The lowest BCUT2D eigenvalue weighted by atomic mass is 10.1. The molecule has 18 heavy (non-hydrogen) atoms. The van der Waals surface area contributed by atoms with Crippen molar-refractivity contribution in [1.29, 1.82) is 0 Å². The number of aromatic nitrogens is 4. The lowest BCUT2D eigenvalue weighted by Crippen LogP contribution is -2.30. The van der Waals surface area contributed by atoms with E-state index in [-0.39, 0.29) is 6.04 Å². The Balaban J connectivity index is 2.01. The molecule has 0 amide bonds. The monoisotopic (exact) mass is 246 g/mol. The minimum absolute atomic E-state index is 0.0412. The van der Waals surface area contributed by atoms with Gasteiger partial charge in [0.25, 0.3) is 0 Å². The molecule has 96 valence electrons. The van der Waals surface area contributed by atoms with Crippen LogP contribution in [-0.4, -0.2) is 19.7 Å². The van der Waals surface area contributed by atoms with E-state index in [0.717, 1.165) is 24.2 Å². The molecule has 1 unspecified atom stereocenters. The second-order valence-electron chi connectivity index (χ2n) is 4.32. The largest absolute Gasteiger partial charge is 0.273 e. The molecule has 0 radical (unpaired) electrons. The zero-order valence-electron chi connectivity index (χ0n) is 10.7. The molecule has 2 heterocycles. The highest BCUT2D eigenvalue weighted by atomic mass is 15.3. The Morgan fingerprint density at radius 3 is 2.67 bits per heavy atom. The zero-order valence-corrected chi connectivity index (χ0v) is 10.7. The number of nitrogens with one attached hydrogen (secondary N) is 1. The van der Waals surface area contributed by atoms with Crippen molar-refractivity contribution in [2.45, 2.75) is 25.8 Å².